The molecular formula is C21H18ClFN4O4. The maximum atomic E-state index is 13.6. The Hall–Kier alpha value is -3.30. The van der Waals surface area contributed by atoms with Crippen LogP contribution >= 0.6 is 11.6 Å². The summed E-state index contributed by atoms with van der Waals surface area (Å²) >= 11 is 6.05. The third-order valence-electron chi connectivity index (χ3n) is 4.84. The molecule has 1 aliphatic rings. The molecule has 3 aromatic rings. The van der Waals surface area contributed by atoms with Crippen LogP contribution in [0, 0.1) is 5.82 Å². The Morgan fingerprint density at radius 3 is 2.55 bits per heavy atom. The number of carbonyl (C=O) groups excluding carboxylic acids is 1. The second kappa shape index (κ2) is 8.83. The van der Waals surface area contributed by atoms with Gasteiger partial charge in [0.25, 0.3) is 11.5 Å². The molecule has 1 fully saturated rings. The summed E-state index contributed by atoms with van der Waals surface area (Å²) in [5, 5.41) is 4.44. The van der Waals surface area contributed by atoms with E-state index in [1.54, 1.807) is 24.3 Å². The summed E-state index contributed by atoms with van der Waals surface area (Å²) in [4.78, 5) is 40.7. The summed E-state index contributed by atoms with van der Waals surface area (Å²) in [7, 11) is 0. The first-order chi connectivity index (χ1) is 14.9. The van der Waals surface area contributed by atoms with Crippen molar-refractivity contribution >= 4 is 17.5 Å². The molecule has 10 heteroatoms. The minimum atomic E-state index is -0.843. The molecule has 8 nitrogen and oxygen atoms in total. The number of nitrogens with zero attached hydrogens (tertiary/aromatic N) is 4. The number of rotatable bonds is 4. The van der Waals surface area contributed by atoms with E-state index in [0.29, 0.717) is 42.6 Å². The molecule has 4 rings (SSSR count). The first-order valence-electron chi connectivity index (χ1n) is 9.55. The molecule has 0 radical (unpaired) electrons. The maximum Gasteiger partial charge on any atom is 0.352 e. The minimum Gasteiger partial charge on any atom is -0.378 e. The second-order valence-electron chi connectivity index (χ2n) is 6.95. The molecule has 2 heterocycles. The minimum absolute atomic E-state index is 0.220. The molecule has 0 N–H and O–H groups in total. The third-order valence-corrected chi connectivity index (χ3v) is 5.08. The summed E-state index contributed by atoms with van der Waals surface area (Å²) in [5.41, 5.74) is -1.33. The highest BCUT2D eigenvalue weighted by molar-refractivity contribution is 6.30. The van der Waals surface area contributed by atoms with Gasteiger partial charge in [-0.2, -0.15) is 9.78 Å². The van der Waals surface area contributed by atoms with Gasteiger partial charge in [-0.1, -0.05) is 29.8 Å². The monoisotopic (exact) mass is 444 g/mol. The molecular weight excluding hydrogens is 427 g/mol. The molecule has 2 aromatic carbocycles. The molecule has 1 aromatic heterocycles. The van der Waals surface area contributed by atoms with Crippen molar-refractivity contribution in [3.05, 3.63) is 91.5 Å². The summed E-state index contributed by atoms with van der Waals surface area (Å²) < 4.78 is 20.7. The molecule has 0 aliphatic carbocycles. The number of morpholine rings is 1. The van der Waals surface area contributed by atoms with E-state index >= 15 is 0 Å². The van der Waals surface area contributed by atoms with Crippen molar-refractivity contribution in [2.75, 3.05) is 26.3 Å². The Kier molecular flexibility index (Phi) is 5.97. The second-order valence-corrected chi connectivity index (χ2v) is 7.39. The Balaban J connectivity index is 1.88. The van der Waals surface area contributed by atoms with Crippen LogP contribution in [0.4, 0.5) is 4.39 Å². The summed E-state index contributed by atoms with van der Waals surface area (Å²) in [5.74, 6) is -1.10. The highest BCUT2D eigenvalue weighted by Crippen LogP contribution is 2.13. The number of carbonyl (C=O) groups is 1. The van der Waals surface area contributed by atoms with Gasteiger partial charge in [-0.05, 0) is 35.9 Å². The molecule has 1 aliphatic heterocycles. The topological polar surface area (TPSA) is 86.4 Å². The average molecular weight is 445 g/mol. The van der Waals surface area contributed by atoms with E-state index in [-0.39, 0.29) is 6.54 Å². The Morgan fingerprint density at radius 2 is 1.84 bits per heavy atom. The largest absolute Gasteiger partial charge is 0.378 e. The van der Waals surface area contributed by atoms with E-state index in [4.69, 9.17) is 16.3 Å². The number of aromatic nitrogens is 3. The zero-order chi connectivity index (χ0) is 22.0. The number of benzene rings is 2. The van der Waals surface area contributed by atoms with Crippen LogP contribution in [-0.2, 0) is 11.3 Å². The zero-order valence-corrected chi connectivity index (χ0v) is 17.1. The van der Waals surface area contributed by atoms with E-state index in [9.17, 15) is 18.8 Å². The van der Waals surface area contributed by atoms with E-state index in [1.165, 1.54) is 29.2 Å². The molecule has 1 amide bonds. The van der Waals surface area contributed by atoms with Crippen molar-refractivity contribution in [2.24, 2.45) is 0 Å². The van der Waals surface area contributed by atoms with Crippen LogP contribution in [0.15, 0.2) is 58.1 Å². The van der Waals surface area contributed by atoms with E-state index in [1.807, 2.05) is 0 Å². The highest BCUT2D eigenvalue weighted by atomic mass is 35.5. The Bertz CT molecular complexity index is 1250. The van der Waals surface area contributed by atoms with Crippen molar-refractivity contribution in [3.63, 3.8) is 0 Å². The van der Waals surface area contributed by atoms with Crippen LogP contribution in [0.2, 0.25) is 5.02 Å². The molecule has 0 bridgehead atoms. The van der Waals surface area contributed by atoms with E-state index in [0.717, 1.165) is 9.25 Å². The molecule has 0 spiro atoms. The summed E-state index contributed by atoms with van der Waals surface area (Å²) in [6.45, 7) is 1.08. The fourth-order valence-corrected chi connectivity index (χ4v) is 3.48. The zero-order valence-electron chi connectivity index (χ0n) is 16.3. The third kappa shape index (κ3) is 4.42. The van der Waals surface area contributed by atoms with Crippen molar-refractivity contribution in [3.8, 4) is 5.69 Å². The van der Waals surface area contributed by atoms with Gasteiger partial charge < -0.3 is 9.64 Å². The van der Waals surface area contributed by atoms with Crippen LogP contribution in [0.3, 0.4) is 0 Å². The van der Waals surface area contributed by atoms with Gasteiger partial charge in [0, 0.05) is 18.1 Å². The normalized spacial score (nSPS) is 13.9. The fourth-order valence-electron chi connectivity index (χ4n) is 3.30. The lowest BCUT2D eigenvalue weighted by molar-refractivity contribution is 0.0295. The van der Waals surface area contributed by atoms with Gasteiger partial charge in [0.05, 0.1) is 25.4 Å². The van der Waals surface area contributed by atoms with Gasteiger partial charge in [-0.3, -0.25) is 14.2 Å². The SMILES string of the molecule is O=C(c1nn(-c2cccc(Cl)c2)c(=O)n(Cc2cccc(F)c2)c1=O)N1CCOCC1. The predicted octanol–water partition coefficient (Wildman–Crippen LogP) is 1.71. The average Bonchev–Trinajstić information content (AvgIpc) is 2.77. The van der Waals surface area contributed by atoms with Gasteiger partial charge in [0.1, 0.15) is 5.82 Å². The Morgan fingerprint density at radius 1 is 1.10 bits per heavy atom. The van der Waals surface area contributed by atoms with Crippen molar-refractivity contribution < 1.29 is 13.9 Å². The van der Waals surface area contributed by atoms with E-state index in [2.05, 4.69) is 5.10 Å². The van der Waals surface area contributed by atoms with Crippen LogP contribution in [0.25, 0.3) is 5.69 Å². The fraction of sp³-hybridized carbons (Fsp3) is 0.238. The molecule has 1 saturated heterocycles. The highest BCUT2D eigenvalue weighted by Gasteiger charge is 2.26. The van der Waals surface area contributed by atoms with E-state index < -0.39 is 28.7 Å². The molecule has 160 valence electrons. The van der Waals surface area contributed by atoms with Gasteiger partial charge >= 0.3 is 5.69 Å². The number of amides is 1. The van der Waals surface area contributed by atoms with Gasteiger partial charge in [-0.25, -0.2) is 9.18 Å². The summed E-state index contributed by atoms with van der Waals surface area (Å²) in [6, 6.07) is 11.9. The number of halogens is 2. The van der Waals surface area contributed by atoms with Crippen molar-refractivity contribution in [2.45, 2.75) is 6.54 Å². The number of ether oxygens (including phenoxy) is 1. The smallest absolute Gasteiger partial charge is 0.352 e. The maximum absolute atomic E-state index is 13.6. The molecule has 31 heavy (non-hydrogen) atoms. The summed E-state index contributed by atoms with van der Waals surface area (Å²) in [6.07, 6.45) is 0. The van der Waals surface area contributed by atoms with Crippen LogP contribution in [0.5, 0.6) is 0 Å². The standard InChI is InChI=1S/C21H18ClFN4O4/c22-15-4-2-6-17(12-15)27-21(30)26(13-14-3-1-5-16(23)11-14)20(29)18(24-27)19(28)25-7-9-31-10-8-25/h1-6,11-12H,7-10,13H2. The molecule has 0 unspecified atom stereocenters. The molecule has 0 saturated carbocycles. The van der Waals surface area contributed by atoms with Gasteiger partial charge in [0.2, 0.25) is 5.69 Å². The predicted molar refractivity (Wildman–Crippen MR) is 111 cm³/mol. The van der Waals surface area contributed by atoms with Crippen molar-refractivity contribution in [1.29, 1.82) is 0 Å². The van der Waals surface area contributed by atoms with Gasteiger partial charge in [0.15, 0.2) is 0 Å². The number of hydrogen-bond donors (Lipinski definition) is 0. The number of hydrogen-bond acceptors (Lipinski definition) is 5. The van der Waals surface area contributed by atoms with Crippen LogP contribution in [-0.4, -0.2) is 51.5 Å². The lowest BCUT2D eigenvalue weighted by Gasteiger charge is -2.26. The lowest BCUT2D eigenvalue weighted by atomic mass is 10.2. The Labute approximate surface area is 181 Å². The van der Waals surface area contributed by atoms with Crippen molar-refractivity contribution in [1.82, 2.24) is 19.2 Å². The van der Waals surface area contributed by atoms with Crippen LogP contribution < -0.4 is 11.2 Å². The van der Waals surface area contributed by atoms with Crippen LogP contribution in [0.1, 0.15) is 16.1 Å². The first kappa shape index (κ1) is 21.0. The molecule has 0 atom stereocenters. The lowest BCUT2D eigenvalue weighted by Crippen LogP contribution is -2.48. The first-order valence-corrected chi connectivity index (χ1v) is 9.93. The van der Waals surface area contributed by atoms with Gasteiger partial charge in [-0.15, -0.1) is 0 Å². The quantitative estimate of drug-likeness (QED) is 0.611.